The summed E-state index contributed by atoms with van der Waals surface area (Å²) < 4.78 is 5.51. The molecule has 20 heavy (non-hydrogen) atoms. The van der Waals surface area contributed by atoms with Gasteiger partial charge in [0.15, 0.2) is 0 Å². The minimum absolute atomic E-state index is 0.0163. The standard InChI is InChI=1S/C15H22N2O3/c1-5-20-14-9-7-6-8-13(14)17(12(4)18)10-15(19)16-11(2)3/h6-9,11H,5,10H2,1-4H3,(H,16,19). The Bertz CT molecular complexity index is 472. The first-order chi connectivity index (χ1) is 9.45. The van der Waals surface area contributed by atoms with E-state index >= 15 is 0 Å². The predicted octanol–water partition coefficient (Wildman–Crippen LogP) is 1.96. The highest BCUT2D eigenvalue weighted by Gasteiger charge is 2.19. The highest BCUT2D eigenvalue weighted by molar-refractivity contribution is 5.98. The van der Waals surface area contributed by atoms with Crippen molar-refractivity contribution in [2.45, 2.75) is 33.7 Å². The molecule has 5 nitrogen and oxygen atoms in total. The van der Waals surface area contributed by atoms with Crippen molar-refractivity contribution in [3.05, 3.63) is 24.3 Å². The first-order valence-corrected chi connectivity index (χ1v) is 6.75. The number of carbonyl (C=O) groups is 2. The average molecular weight is 278 g/mol. The molecule has 1 N–H and O–H groups in total. The molecule has 0 aromatic heterocycles. The van der Waals surface area contributed by atoms with Gasteiger partial charge in [0, 0.05) is 13.0 Å². The van der Waals surface area contributed by atoms with E-state index in [-0.39, 0.29) is 24.4 Å². The van der Waals surface area contributed by atoms with Gasteiger partial charge in [-0.1, -0.05) is 12.1 Å². The molecule has 0 fully saturated rings. The van der Waals surface area contributed by atoms with E-state index in [9.17, 15) is 9.59 Å². The molecule has 0 bridgehead atoms. The summed E-state index contributed by atoms with van der Waals surface area (Å²) >= 11 is 0. The molecule has 1 aromatic carbocycles. The number of para-hydroxylation sites is 2. The van der Waals surface area contributed by atoms with Crippen molar-refractivity contribution < 1.29 is 14.3 Å². The van der Waals surface area contributed by atoms with Crippen LogP contribution in [0.1, 0.15) is 27.7 Å². The van der Waals surface area contributed by atoms with Crippen molar-refractivity contribution in [2.75, 3.05) is 18.1 Å². The van der Waals surface area contributed by atoms with E-state index in [4.69, 9.17) is 4.74 Å². The zero-order valence-electron chi connectivity index (χ0n) is 12.5. The summed E-state index contributed by atoms with van der Waals surface area (Å²) in [5.41, 5.74) is 0.612. The minimum Gasteiger partial charge on any atom is -0.492 e. The molecule has 0 aliphatic heterocycles. The highest BCUT2D eigenvalue weighted by atomic mass is 16.5. The van der Waals surface area contributed by atoms with Crippen molar-refractivity contribution in [1.82, 2.24) is 5.32 Å². The van der Waals surface area contributed by atoms with E-state index in [1.165, 1.54) is 11.8 Å². The van der Waals surface area contributed by atoms with E-state index in [0.717, 1.165) is 0 Å². The normalized spacial score (nSPS) is 10.2. The topological polar surface area (TPSA) is 58.6 Å². The van der Waals surface area contributed by atoms with Crippen LogP contribution in [0.5, 0.6) is 5.75 Å². The van der Waals surface area contributed by atoms with Crippen LogP contribution in [0.4, 0.5) is 5.69 Å². The fourth-order valence-electron chi connectivity index (χ4n) is 1.84. The van der Waals surface area contributed by atoms with Crippen LogP contribution in [0.3, 0.4) is 0 Å². The summed E-state index contributed by atoms with van der Waals surface area (Å²) in [6.45, 7) is 7.55. The number of anilines is 1. The molecule has 0 aliphatic carbocycles. The smallest absolute Gasteiger partial charge is 0.240 e. The van der Waals surface area contributed by atoms with Crippen LogP contribution >= 0.6 is 0 Å². The Hall–Kier alpha value is -2.04. The third-order valence-corrected chi connectivity index (χ3v) is 2.59. The SMILES string of the molecule is CCOc1ccccc1N(CC(=O)NC(C)C)C(C)=O. The molecule has 0 aliphatic rings. The molecule has 0 saturated carbocycles. The van der Waals surface area contributed by atoms with Crippen LogP contribution in [0.25, 0.3) is 0 Å². The van der Waals surface area contributed by atoms with Gasteiger partial charge in [0.2, 0.25) is 11.8 Å². The molecule has 110 valence electrons. The molecular weight excluding hydrogens is 256 g/mol. The van der Waals surface area contributed by atoms with Crippen LogP contribution < -0.4 is 15.0 Å². The first-order valence-electron chi connectivity index (χ1n) is 6.75. The molecule has 1 rings (SSSR count). The van der Waals surface area contributed by atoms with E-state index in [2.05, 4.69) is 5.32 Å². The Morgan fingerprint density at radius 1 is 1.30 bits per heavy atom. The molecule has 2 amide bonds. The van der Waals surface area contributed by atoms with Gasteiger partial charge in [0.25, 0.3) is 0 Å². The molecule has 0 heterocycles. The van der Waals surface area contributed by atoms with E-state index in [1.54, 1.807) is 12.1 Å². The molecule has 0 radical (unpaired) electrons. The third-order valence-electron chi connectivity index (χ3n) is 2.59. The summed E-state index contributed by atoms with van der Waals surface area (Å²) in [6.07, 6.45) is 0. The lowest BCUT2D eigenvalue weighted by atomic mass is 10.2. The Kier molecular flexibility index (Phi) is 6.03. The number of ether oxygens (including phenoxy) is 1. The van der Waals surface area contributed by atoms with Crippen LogP contribution in [0.2, 0.25) is 0 Å². The van der Waals surface area contributed by atoms with Crippen LogP contribution in [-0.2, 0) is 9.59 Å². The number of benzene rings is 1. The van der Waals surface area contributed by atoms with Gasteiger partial charge in [-0.2, -0.15) is 0 Å². The number of nitrogens with zero attached hydrogens (tertiary/aromatic N) is 1. The molecular formula is C15H22N2O3. The number of carbonyl (C=O) groups excluding carboxylic acids is 2. The van der Waals surface area contributed by atoms with Gasteiger partial charge in [-0.15, -0.1) is 0 Å². The van der Waals surface area contributed by atoms with Gasteiger partial charge in [0.05, 0.1) is 12.3 Å². The van der Waals surface area contributed by atoms with Crippen molar-refractivity contribution >= 4 is 17.5 Å². The zero-order chi connectivity index (χ0) is 15.1. The highest BCUT2D eigenvalue weighted by Crippen LogP contribution is 2.28. The maximum Gasteiger partial charge on any atom is 0.240 e. The molecule has 1 aromatic rings. The van der Waals surface area contributed by atoms with E-state index in [1.807, 2.05) is 32.9 Å². The number of rotatable bonds is 6. The molecule has 0 atom stereocenters. The Morgan fingerprint density at radius 2 is 1.95 bits per heavy atom. The third kappa shape index (κ3) is 4.57. The molecule has 0 saturated heterocycles. The fraction of sp³-hybridized carbons (Fsp3) is 0.467. The second kappa shape index (κ2) is 7.53. The summed E-state index contributed by atoms with van der Waals surface area (Å²) in [4.78, 5) is 25.1. The van der Waals surface area contributed by atoms with Gasteiger partial charge in [-0.25, -0.2) is 0 Å². The number of nitrogens with one attached hydrogen (secondary N) is 1. The largest absolute Gasteiger partial charge is 0.492 e. The minimum atomic E-state index is -0.198. The Balaban J connectivity index is 2.96. The maximum absolute atomic E-state index is 11.9. The van der Waals surface area contributed by atoms with E-state index < -0.39 is 0 Å². The summed E-state index contributed by atoms with van der Waals surface area (Å²) in [5, 5.41) is 2.78. The second-order valence-electron chi connectivity index (χ2n) is 4.73. The van der Waals surface area contributed by atoms with Crippen molar-refractivity contribution in [3.8, 4) is 5.75 Å². The molecule has 5 heteroatoms. The van der Waals surface area contributed by atoms with Crippen molar-refractivity contribution in [1.29, 1.82) is 0 Å². The fourth-order valence-corrected chi connectivity index (χ4v) is 1.84. The lowest BCUT2D eigenvalue weighted by molar-refractivity contribution is -0.123. The summed E-state index contributed by atoms with van der Waals surface area (Å²) in [6, 6.07) is 7.25. The molecule has 0 spiro atoms. The maximum atomic E-state index is 11.9. The second-order valence-corrected chi connectivity index (χ2v) is 4.73. The van der Waals surface area contributed by atoms with Gasteiger partial charge in [0.1, 0.15) is 12.3 Å². The Labute approximate surface area is 119 Å². The first kappa shape index (κ1) is 16.0. The lowest BCUT2D eigenvalue weighted by Gasteiger charge is -2.23. The Morgan fingerprint density at radius 3 is 2.50 bits per heavy atom. The van der Waals surface area contributed by atoms with Crippen LogP contribution in [-0.4, -0.2) is 31.0 Å². The number of hydrogen-bond acceptors (Lipinski definition) is 3. The number of amides is 2. The summed E-state index contributed by atoms with van der Waals surface area (Å²) in [5.74, 6) is 0.208. The van der Waals surface area contributed by atoms with Gasteiger partial charge in [-0.05, 0) is 32.9 Å². The van der Waals surface area contributed by atoms with Gasteiger partial charge in [-0.3, -0.25) is 14.5 Å². The van der Waals surface area contributed by atoms with Gasteiger partial charge >= 0.3 is 0 Å². The van der Waals surface area contributed by atoms with Gasteiger partial charge < -0.3 is 10.1 Å². The number of hydrogen-bond donors (Lipinski definition) is 1. The monoisotopic (exact) mass is 278 g/mol. The van der Waals surface area contributed by atoms with Crippen LogP contribution in [0.15, 0.2) is 24.3 Å². The van der Waals surface area contributed by atoms with Crippen molar-refractivity contribution in [3.63, 3.8) is 0 Å². The predicted molar refractivity (Wildman–Crippen MR) is 78.9 cm³/mol. The lowest BCUT2D eigenvalue weighted by Crippen LogP contribution is -2.42. The van der Waals surface area contributed by atoms with Crippen molar-refractivity contribution in [2.24, 2.45) is 0 Å². The quantitative estimate of drug-likeness (QED) is 0.865. The average Bonchev–Trinajstić information content (AvgIpc) is 2.36. The summed E-state index contributed by atoms with van der Waals surface area (Å²) in [7, 11) is 0. The molecule has 0 unspecified atom stereocenters. The van der Waals surface area contributed by atoms with Crippen LogP contribution in [0, 0.1) is 0 Å². The van der Waals surface area contributed by atoms with E-state index in [0.29, 0.717) is 18.0 Å². The zero-order valence-corrected chi connectivity index (χ0v) is 12.5.